The van der Waals surface area contributed by atoms with Gasteiger partial charge in [0.1, 0.15) is 5.82 Å². The Kier molecular flexibility index (Phi) is 5.42. The normalized spacial score (nSPS) is 14.8. The van der Waals surface area contributed by atoms with E-state index in [1.807, 2.05) is 6.92 Å². The maximum atomic E-state index is 13.5. The lowest BCUT2D eigenvalue weighted by Crippen LogP contribution is -2.20. The fraction of sp³-hybridized carbons (Fsp3) is 0.538. The van der Waals surface area contributed by atoms with Gasteiger partial charge in [0, 0.05) is 10.9 Å². The topological polar surface area (TPSA) is 20.2 Å². The molecule has 0 saturated heterocycles. The van der Waals surface area contributed by atoms with E-state index in [0.29, 0.717) is 12.0 Å². The molecule has 0 amide bonds. The molecular weight excluding hydrogens is 271 g/mol. The van der Waals surface area contributed by atoms with Gasteiger partial charge in [-0.05, 0) is 30.0 Å². The summed E-state index contributed by atoms with van der Waals surface area (Å²) in [5.41, 5.74) is 0.582. The van der Waals surface area contributed by atoms with Crippen LogP contribution in [0, 0.1) is 11.7 Å². The molecule has 0 aliphatic carbocycles. The van der Waals surface area contributed by atoms with E-state index in [1.165, 1.54) is 6.07 Å². The number of aliphatic hydroxyl groups is 1. The average molecular weight is 289 g/mol. The molecule has 1 N–H and O–H groups in total. The number of rotatable bonds is 5. The molecule has 1 aromatic carbocycles. The minimum Gasteiger partial charge on any atom is -0.393 e. The summed E-state index contributed by atoms with van der Waals surface area (Å²) in [6.45, 7) is 4.09. The summed E-state index contributed by atoms with van der Waals surface area (Å²) in [5.74, 6) is -0.0369. The summed E-state index contributed by atoms with van der Waals surface area (Å²) < 4.78 is 14.2. The highest BCUT2D eigenvalue weighted by molar-refractivity contribution is 9.10. The minimum absolute atomic E-state index is 0.216. The van der Waals surface area contributed by atoms with Crippen LogP contribution in [0.25, 0.3) is 0 Å². The van der Waals surface area contributed by atoms with Gasteiger partial charge in [0.25, 0.3) is 0 Å². The standard InChI is InChI=1S/C13H18BrFO/c1-3-4-9(2)13(16)7-10-5-6-11(14)8-12(10)15/h5-6,8-9,13,16H,3-4,7H2,1-2H3. The molecule has 0 aliphatic heterocycles. The number of halogens is 2. The molecule has 0 fully saturated rings. The predicted molar refractivity (Wildman–Crippen MR) is 67.9 cm³/mol. The molecule has 1 rings (SSSR count). The van der Waals surface area contributed by atoms with Gasteiger partial charge in [0.15, 0.2) is 0 Å². The zero-order chi connectivity index (χ0) is 12.1. The van der Waals surface area contributed by atoms with Gasteiger partial charge in [-0.25, -0.2) is 4.39 Å². The molecule has 2 atom stereocenters. The third kappa shape index (κ3) is 3.87. The van der Waals surface area contributed by atoms with Gasteiger partial charge in [-0.2, -0.15) is 0 Å². The molecule has 0 heterocycles. The van der Waals surface area contributed by atoms with Crippen LogP contribution in [-0.4, -0.2) is 11.2 Å². The molecule has 16 heavy (non-hydrogen) atoms. The van der Waals surface area contributed by atoms with Crippen molar-refractivity contribution in [2.75, 3.05) is 0 Å². The van der Waals surface area contributed by atoms with Crippen molar-refractivity contribution in [3.05, 3.63) is 34.1 Å². The van der Waals surface area contributed by atoms with Crippen molar-refractivity contribution in [2.24, 2.45) is 5.92 Å². The number of benzene rings is 1. The molecule has 0 spiro atoms. The van der Waals surface area contributed by atoms with Gasteiger partial charge in [-0.1, -0.05) is 42.3 Å². The van der Waals surface area contributed by atoms with E-state index < -0.39 is 6.10 Å². The second-order valence-corrected chi connectivity index (χ2v) is 5.19. The quantitative estimate of drug-likeness (QED) is 0.870. The molecule has 1 nitrogen and oxygen atoms in total. The van der Waals surface area contributed by atoms with E-state index >= 15 is 0 Å². The summed E-state index contributed by atoms with van der Waals surface area (Å²) in [6.07, 6.45) is 1.94. The third-order valence-electron chi connectivity index (χ3n) is 2.85. The van der Waals surface area contributed by atoms with Crippen LogP contribution in [0.15, 0.2) is 22.7 Å². The van der Waals surface area contributed by atoms with E-state index in [4.69, 9.17) is 0 Å². The summed E-state index contributed by atoms with van der Waals surface area (Å²) >= 11 is 3.21. The Hall–Kier alpha value is -0.410. The van der Waals surface area contributed by atoms with Crippen LogP contribution in [0.5, 0.6) is 0 Å². The Morgan fingerprint density at radius 3 is 2.69 bits per heavy atom. The largest absolute Gasteiger partial charge is 0.393 e. The van der Waals surface area contributed by atoms with Crippen LogP contribution >= 0.6 is 15.9 Å². The zero-order valence-electron chi connectivity index (χ0n) is 9.71. The smallest absolute Gasteiger partial charge is 0.127 e. The minimum atomic E-state index is -0.462. The number of hydrogen-bond acceptors (Lipinski definition) is 1. The zero-order valence-corrected chi connectivity index (χ0v) is 11.3. The van der Waals surface area contributed by atoms with Gasteiger partial charge >= 0.3 is 0 Å². The molecule has 0 bridgehead atoms. The van der Waals surface area contributed by atoms with Crippen molar-refractivity contribution in [3.63, 3.8) is 0 Å². The summed E-state index contributed by atoms with van der Waals surface area (Å²) in [7, 11) is 0. The fourth-order valence-corrected chi connectivity index (χ4v) is 2.09. The maximum Gasteiger partial charge on any atom is 0.127 e. The Bertz CT molecular complexity index is 341. The van der Waals surface area contributed by atoms with E-state index in [2.05, 4.69) is 22.9 Å². The van der Waals surface area contributed by atoms with Crippen LogP contribution in [-0.2, 0) is 6.42 Å². The lowest BCUT2D eigenvalue weighted by molar-refractivity contribution is 0.111. The van der Waals surface area contributed by atoms with Crippen LogP contribution in [0.2, 0.25) is 0 Å². The van der Waals surface area contributed by atoms with Gasteiger partial charge in [0.2, 0.25) is 0 Å². The highest BCUT2D eigenvalue weighted by Gasteiger charge is 2.15. The molecule has 0 aliphatic rings. The molecule has 0 aromatic heterocycles. The van der Waals surface area contributed by atoms with Crippen molar-refractivity contribution >= 4 is 15.9 Å². The van der Waals surface area contributed by atoms with Crippen LogP contribution in [0.1, 0.15) is 32.3 Å². The Labute approximate surface area is 105 Å². The molecule has 1 aromatic rings. The lowest BCUT2D eigenvalue weighted by atomic mass is 9.94. The maximum absolute atomic E-state index is 13.5. The molecule has 0 radical (unpaired) electrons. The molecule has 90 valence electrons. The van der Waals surface area contributed by atoms with E-state index in [1.54, 1.807) is 12.1 Å². The molecule has 3 heteroatoms. The van der Waals surface area contributed by atoms with Gasteiger partial charge in [0.05, 0.1) is 6.10 Å². The first-order valence-electron chi connectivity index (χ1n) is 5.66. The number of aliphatic hydroxyl groups excluding tert-OH is 1. The summed E-state index contributed by atoms with van der Waals surface area (Å²) in [4.78, 5) is 0. The van der Waals surface area contributed by atoms with Crippen molar-refractivity contribution in [1.29, 1.82) is 0 Å². The first kappa shape index (κ1) is 13.7. The van der Waals surface area contributed by atoms with Crippen LogP contribution in [0.4, 0.5) is 4.39 Å². The van der Waals surface area contributed by atoms with Gasteiger partial charge in [-0.15, -0.1) is 0 Å². The monoisotopic (exact) mass is 288 g/mol. The molecular formula is C13H18BrFO. The SMILES string of the molecule is CCCC(C)C(O)Cc1ccc(Br)cc1F. The fourth-order valence-electron chi connectivity index (χ4n) is 1.76. The van der Waals surface area contributed by atoms with E-state index in [0.717, 1.165) is 17.3 Å². The van der Waals surface area contributed by atoms with Crippen molar-refractivity contribution in [2.45, 2.75) is 39.2 Å². The van der Waals surface area contributed by atoms with Crippen molar-refractivity contribution in [3.8, 4) is 0 Å². The Balaban J connectivity index is 2.65. The second kappa shape index (κ2) is 6.36. The average Bonchev–Trinajstić information content (AvgIpc) is 2.22. The Morgan fingerprint density at radius 2 is 2.12 bits per heavy atom. The first-order valence-corrected chi connectivity index (χ1v) is 6.46. The summed E-state index contributed by atoms with van der Waals surface area (Å²) in [5, 5.41) is 9.92. The van der Waals surface area contributed by atoms with Gasteiger partial charge in [-0.3, -0.25) is 0 Å². The molecule has 2 unspecified atom stereocenters. The number of hydrogen-bond donors (Lipinski definition) is 1. The third-order valence-corrected chi connectivity index (χ3v) is 3.34. The van der Waals surface area contributed by atoms with Crippen molar-refractivity contribution in [1.82, 2.24) is 0 Å². The first-order chi connectivity index (χ1) is 7.54. The van der Waals surface area contributed by atoms with Crippen LogP contribution in [0.3, 0.4) is 0 Å². The lowest BCUT2D eigenvalue weighted by Gasteiger charge is -2.18. The van der Waals surface area contributed by atoms with Crippen molar-refractivity contribution < 1.29 is 9.50 Å². The second-order valence-electron chi connectivity index (χ2n) is 4.27. The van der Waals surface area contributed by atoms with Gasteiger partial charge < -0.3 is 5.11 Å². The summed E-state index contributed by atoms with van der Waals surface area (Å²) in [6, 6.07) is 4.96. The van der Waals surface area contributed by atoms with E-state index in [-0.39, 0.29) is 11.7 Å². The van der Waals surface area contributed by atoms with Crippen LogP contribution < -0.4 is 0 Å². The molecule has 0 saturated carbocycles. The van der Waals surface area contributed by atoms with E-state index in [9.17, 15) is 9.50 Å². The predicted octanol–water partition coefficient (Wildman–Crippen LogP) is 3.93. The Morgan fingerprint density at radius 1 is 1.44 bits per heavy atom. The highest BCUT2D eigenvalue weighted by atomic mass is 79.9. The highest BCUT2D eigenvalue weighted by Crippen LogP contribution is 2.20.